The summed E-state index contributed by atoms with van der Waals surface area (Å²) in [6, 6.07) is 10.4. The van der Waals surface area contributed by atoms with Crippen molar-refractivity contribution < 1.29 is 14.6 Å². The van der Waals surface area contributed by atoms with Gasteiger partial charge in [0.25, 0.3) is 0 Å². The van der Waals surface area contributed by atoms with Crippen molar-refractivity contribution in [2.75, 3.05) is 26.3 Å². The molecule has 0 bridgehead atoms. The fourth-order valence-corrected chi connectivity index (χ4v) is 2.50. The Morgan fingerprint density at radius 3 is 2.89 bits per heavy atom. The first-order valence-electron chi connectivity index (χ1n) is 6.83. The number of hydrogen-bond acceptors (Lipinski definition) is 3. The number of morpholine rings is 1. The Morgan fingerprint density at radius 1 is 1.37 bits per heavy atom. The van der Waals surface area contributed by atoms with Gasteiger partial charge in [0.15, 0.2) is 0 Å². The molecule has 1 aromatic rings. The van der Waals surface area contributed by atoms with Crippen LogP contribution in [0, 0.1) is 0 Å². The van der Waals surface area contributed by atoms with Gasteiger partial charge in [-0.25, -0.2) is 0 Å². The van der Waals surface area contributed by atoms with Crippen molar-refractivity contribution in [3.63, 3.8) is 0 Å². The molecule has 0 radical (unpaired) electrons. The summed E-state index contributed by atoms with van der Waals surface area (Å²) in [5.41, 5.74) is 1.34. The molecule has 0 amide bonds. The molecule has 19 heavy (non-hydrogen) atoms. The molecule has 0 spiro atoms. The van der Waals surface area contributed by atoms with Crippen LogP contribution < -0.4 is 0 Å². The molecule has 1 fully saturated rings. The number of carbonyl (C=O) groups is 1. The molecule has 1 aromatic carbocycles. The van der Waals surface area contributed by atoms with E-state index in [0.29, 0.717) is 13.2 Å². The number of nitrogens with zero attached hydrogens (tertiary/aromatic N) is 1. The van der Waals surface area contributed by atoms with E-state index in [1.807, 2.05) is 6.07 Å². The third kappa shape index (κ3) is 4.65. The molecule has 0 aromatic heterocycles. The molecule has 1 aliphatic rings. The van der Waals surface area contributed by atoms with Gasteiger partial charge in [-0.1, -0.05) is 30.3 Å². The SMILES string of the molecule is O=C(O)C[C@@H]1COCCN1CCCc1ccccc1. The van der Waals surface area contributed by atoms with Crippen LogP contribution in [0.2, 0.25) is 0 Å². The lowest BCUT2D eigenvalue weighted by molar-refractivity contribution is -0.140. The van der Waals surface area contributed by atoms with Crippen molar-refractivity contribution in [1.82, 2.24) is 4.90 Å². The van der Waals surface area contributed by atoms with Gasteiger partial charge >= 0.3 is 5.97 Å². The highest BCUT2D eigenvalue weighted by Crippen LogP contribution is 2.12. The Hall–Kier alpha value is -1.39. The lowest BCUT2D eigenvalue weighted by Crippen LogP contribution is -2.46. The van der Waals surface area contributed by atoms with E-state index in [2.05, 4.69) is 29.2 Å². The van der Waals surface area contributed by atoms with E-state index in [1.54, 1.807) is 0 Å². The predicted molar refractivity (Wildman–Crippen MR) is 73.2 cm³/mol. The van der Waals surface area contributed by atoms with Gasteiger partial charge in [-0.15, -0.1) is 0 Å². The second-order valence-corrected chi connectivity index (χ2v) is 4.95. The number of ether oxygens (including phenoxy) is 1. The monoisotopic (exact) mass is 263 g/mol. The molecule has 4 heteroatoms. The van der Waals surface area contributed by atoms with Crippen molar-refractivity contribution in [2.45, 2.75) is 25.3 Å². The summed E-state index contributed by atoms with van der Waals surface area (Å²) in [7, 11) is 0. The first-order valence-corrected chi connectivity index (χ1v) is 6.83. The van der Waals surface area contributed by atoms with Crippen LogP contribution in [0.5, 0.6) is 0 Å². The summed E-state index contributed by atoms with van der Waals surface area (Å²) < 4.78 is 5.37. The normalized spacial score (nSPS) is 20.3. The van der Waals surface area contributed by atoms with Crippen molar-refractivity contribution in [2.24, 2.45) is 0 Å². The van der Waals surface area contributed by atoms with Crippen LogP contribution in [-0.4, -0.2) is 48.3 Å². The minimum Gasteiger partial charge on any atom is -0.481 e. The topological polar surface area (TPSA) is 49.8 Å². The lowest BCUT2D eigenvalue weighted by atomic mass is 10.1. The number of aryl methyl sites for hydroxylation is 1. The maximum Gasteiger partial charge on any atom is 0.305 e. The van der Waals surface area contributed by atoms with Gasteiger partial charge in [0.2, 0.25) is 0 Å². The lowest BCUT2D eigenvalue weighted by Gasteiger charge is -2.34. The number of rotatable bonds is 6. The second kappa shape index (κ2) is 7.26. The smallest absolute Gasteiger partial charge is 0.305 e. The van der Waals surface area contributed by atoms with Gasteiger partial charge in [-0.2, -0.15) is 0 Å². The van der Waals surface area contributed by atoms with Crippen molar-refractivity contribution >= 4 is 5.97 Å². The fourth-order valence-electron chi connectivity index (χ4n) is 2.50. The molecule has 2 rings (SSSR count). The maximum absolute atomic E-state index is 10.8. The quantitative estimate of drug-likeness (QED) is 0.850. The Balaban J connectivity index is 1.78. The van der Waals surface area contributed by atoms with Gasteiger partial charge in [-0.3, -0.25) is 9.69 Å². The zero-order valence-corrected chi connectivity index (χ0v) is 11.1. The van der Waals surface area contributed by atoms with E-state index in [1.165, 1.54) is 5.56 Å². The van der Waals surface area contributed by atoms with Gasteiger partial charge < -0.3 is 9.84 Å². The number of benzene rings is 1. The molecule has 1 atom stereocenters. The van der Waals surface area contributed by atoms with E-state index >= 15 is 0 Å². The first-order chi connectivity index (χ1) is 9.25. The largest absolute Gasteiger partial charge is 0.481 e. The molecular formula is C15H21NO3. The van der Waals surface area contributed by atoms with Gasteiger partial charge in [0.1, 0.15) is 0 Å². The highest BCUT2D eigenvalue weighted by Gasteiger charge is 2.24. The number of hydrogen-bond donors (Lipinski definition) is 1. The summed E-state index contributed by atoms with van der Waals surface area (Å²) in [5.74, 6) is -0.747. The molecular weight excluding hydrogens is 242 g/mol. The minimum atomic E-state index is -0.747. The highest BCUT2D eigenvalue weighted by molar-refractivity contribution is 5.67. The third-order valence-electron chi connectivity index (χ3n) is 3.51. The molecule has 1 N–H and O–H groups in total. The second-order valence-electron chi connectivity index (χ2n) is 4.95. The van der Waals surface area contributed by atoms with Crippen molar-refractivity contribution in [3.8, 4) is 0 Å². The first kappa shape index (κ1) is 14.0. The van der Waals surface area contributed by atoms with Crippen molar-refractivity contribution in [3.05, 3.63) is 35.9 Å². The van der Waals surface area contributed by atoms with Gasteiger partial charge in [-0.05, 0) is 24.9 Å². The van der Waals surface area contributed by atoms with E-state index in [4.69, 9.17) is 9.84 Å². The zero-order chi connectivity index (χ0) is 13.5. The van der Waals surface area contributed by atoms with Crippen LogP contribution in [0.4, 0.5) is 0 Å². The summed E-state index contributed by atoms with van der Waals surface area (Å²) in [6.45, 7) is 3.03. The van der Waals surface area contributed by atoms with Crippen LogP contribution in [0.25, 0.3) is 0 Å². The number of carboxylic acid groups (broad SMARTS) is 1. The molecule has 104 valence electrons. The molecule has 1 saturated heterocycles. The zero-order valence-electron chi connectivity index (χ0n) is 11.1. The molecule has 1 heterocycles. The highest BCUT2D eigenvalue weighted by atomic mass is 16.5. The van der Waals surface area contributed by atoms with Crippen LogP contribution >= 0.6 is 0 Å². The average molecular weight is 263 g/mol. The van der Waals surface area contributed by atoms with Crippen LogP contribution in [0.3, 0.4) is 0 Å². The Labute approximate surface area is 114 Å². The molecule has 4 nitrogen and oxygen atoms in total. The van der Waals surface area contributed by atoms with Crippen LogP contribution in [-0.2, 0) is 16.0 Å². The average Bonchev–Trinajstić information content (AvgIpc) is 2.41. The van der Waals surface area contributed by atoms with Crippen LogP contribution in [0.15, 0.2) is 30.3 Å². The summed E-state index contributed by atoms with van der Waals surface area (Å²) in [5, 5.41) is 8.90. The minimum absolute atomic E-state index is 0.0297. The van der Waals surface area contributed by atoms with Gasteiger partial charge in [0, 0.05) is 12.6 Å². The van der Waals surface area contributed by atoms with E-state index in [0.717, 1.165) is 25.9 Å². The Kier molecular flexibility index (Phi) is 5.36. The van der Waals surface area contributed by atoms with Crippen molar-refractivity contribution in [1.29, 1.82) is 0 Å². The maximum atomic E-state index is 10.8. The van der Waals surface area contributed by atoms with E-state index in [-0.39, 0.29) is 12.5 Å². The predicted octanol–water partition coefficient (Wildman–Crippen LogP) is 1.79. The molecule has 0 aliphatic carbocycles. The standard InChI is InChI=1S/C15H21NO3/c17-15(18)11-14-12-19-10-9-16(14)8-4-7-13-5-2-1-3-6-13/h1-3,5-6,14H,4,7-12H2,(H,17,18)/t14-/m1/s1. The molecule has 1 aliphatic heterocycles. The van der Waals surface area contributed by atoms with Gasteiger partial charge in [0.05, 0.1) is 19.6 Å². The Bertz CT molecular complexity index is 394. The third-order valence-corrected chi connectivity index (χ3v) is 3.51. The molecule has 0 unspecified atom stereocenters. The number of aliphatic carboxylic acids is 1. The summed E-state index contributed by atoms with van der Waals surface area (Å²) in [4.78, 5) is 13.1. The Morgan fingerprint density at radius 2 is 2.16 bits per heavy atom. The van der Waals surface area contributed by atoms with E-state index < -0.39 is 5.97 Å². The summed E-state index contributed by atoms with van der Waals surface area (Å²) >= 11 is 0. The molecule has 0 saturated carbocycles. The van der Waals surface area contributed by atoms with E-state index in [9.17, 15) is 4.79 Å². The summed E-state index contributed by atoms with van der Waals surface area (Å²) in [6.07, 6.45) is 2.27. The number of carboxylic acids is 1. The fraction of sp³-hybridized carbons (Fsp3) is 0.533. The van der Waals surface area contributed by atoms with Crippen LogP contribution in [0.1, 0.15) is 18.4 Å².